The normalized spacial score (nSPS) is 18.3. The van der Waals surface area contributed by atoms with Gasteiger partial charge in [0.15, 0.2) is 5.69 Å². The van der Waals surface area contributed by atoms with Gasteiger partial charge in [0, 0.05) is 31.7 Å². The van der Waals surface area contributed by atoms with Crippen molar-refractivity contribution in [1.29, 1.82) is 0 Å². The molecule has 2 amide bonds. The lowest BCUT2D eigenvalue weighted by Crippen LogP contribution is -2.50. The predicted octanol–water partition coefficient (Wildman–Crippen LogP) is 2.46. The Hall–Kier alpha value is -3.52. The van der Waals surface area contributed by atoms with E-state index in [1.54, 1.807) is 14.5 Å². The molecule has 1 saturated heterocycles. The molecule has 2 aliphatic heterocycles. The summed E-state index contributed by atoms with van der Waals surface area (Å²) in [5.41, 5.74) is 4.00. The topological polar surface area (TPSA) is 80.6 Å². The third-order valence-electron chi connectivity index (χ3n) is 6.12. The molecule has 0 aliphatic carbocycles. The zero-order chi connectivity index (χ0) is 22.1. The molecular weight excluding hydrogens is 406 g/mol. The van der Waals surface area contributed by atoms with Gasteiger partial charge in [0.25, 0.3) is 11.8 Å². The highest BCUT2D eigenvalue weighted by atomic mass is 16.5. The van der Waals surface area contributed by atoms with Gasteiger partial charge in [0.2, 0.25) is 0 Å². The zero-order valence-corrected chi connectivity index (χ0v) is 18.0. The summed E-state index contributed by atoms with van der Waals surface area (Å²) in [4.78, 5) is 29.3. The minimum absolute atomic E-state index is 0.00529. The van der Waals surface area contributed by atoms with E-state index in [-0.39, 0.29) is 17.9 Å². The number of hydrogen-bond donors (Lipinski definition) is 0. The summed E-state index contributed by atoms with van der Waals surface area (Å²) in [6.07, 6.45) is -0.111. The quantitative estimate of drug-likeness (QED) is 0.636. The van der Waals surface area contributed by atoms with Gasteiger partial charge in [-0.05, 0) is 24.6 Å². The molecule has 0 N–H and O–H groups in total. The van der Waals surface area contributed by atoms with Gasteiger partial charge in [0.1, 0.15) is 6.10 Å². The summed E-state index contributed by atoms with van der Waals surface area (Å²) < 4.78 is 7.81. The van der Waals surface area contributed by atoms with Crippen LogP contribution in [0.5, 0.6) is 0 Å². The maximum atomic E-state index is 13.1. The van der Waals surface area contributed by atoms with Crippen LogP contribution in [0.25, 0.3) is 0 Å². The zero-order valence-electron chi connectivity index (χ0n) is 18.0. The second-order valence-corrected chi connectivity index (χ2v) is 8.23. The second kappa shape index (κ2) is 8.55. The molecule has 0 unspecified atom stereocenters. The van der Waals surface area contributed by atoms with Crippen molar-refractivity contribution < 1.29 is 14.3 Å². The van der Waals surface area contributed by atoms with E-state index in [0.29, 0.717) is 56.3 Å². The Balaban J connectivity index is 1.23. The first kappa shape index (κ1) is 20.4. The first-order valence-corrected chi connectivity index (χ1v) is 10.8. The first-order valence-electron chi connectivity index (χ1n) is 10.8. The number of nitrogens with zero attached hydrogens (tertiary/aromatic N) is 5. The highest BCUT2D eigenvalue weighted by molar-refractivity contribution is 5.95. The van der Waals surface area contributed by atoms with E-state index in [4.69, 9.17) is 4.74 Å². The summed E-state index contributed by atoms with van der Waals surface area (Å²) in [6.45, 7) is 4.80. The Morgan fingerprint density at radius 1 is 0.906 bits per heavy atom. The molecule has 8 nitrogen and oxygen atoms in total. The van der Waals surface area contributed by atoms with Crippen LogP contribution in [0.1, 0.15) is 43.8 Å². The van der Waals surface area contributed by atoms with Gasteiger partial charge in [-0.15, -0.1) is 5.10 Å². The SMILES string of the molecule is Cc1ccc([C@@H]2Cn3nnc(C(=O)N4CCN(C(=O)c5ccccc5)CC4)c3CO2)cc1. The van der Waals surface area contributed by atoms with Gasteiger partial charge < -0.3 is 14.5 Å². The molecule has 3 aromatic rings. The summed E-state index contributed by atoms with van der Waals surface area (Å²) in [5.74, 6) is -0.162. The van der Waals surface area contributed by atoms with Gasteiger partial charge in [-0.1, -0.05) is 53.2 Å². The van der Waals surface area contributed by atoms with Gasteiger partial charge >= 0.3 is 0 Å². The van der Waals surface area contributed by atoms with E-state index in [9.17, 15) is 9.59 Å². The maximum absolute atomic E-state index is 13.1. The molecular formula is C24H25N5O3. The van der Waals surface area contributed by atoms with Gasteiger partial charge in [-0.25, -0.2) is 4.68 Å². The minimum Gasteiger partial charge on any atom is -0.365 e. The van der Waals surface area contributed by atoms with Crippen LogP contribution in [-0.2, 0) is 17.9 Å². The Morgan fingerprint density at radius 3 is 2.25 bits per heavy atom. The highest BCUT2D eigenvalue weighted by Crippen LogP contribution is 2.27. The first-order chi connectivity index (χ1) is 15.6. The van der Waals surface area contributed by atoms with Crippen molar-refractivity contribution in [3.8, 4) is 0 Å². The van der Waals surface area contributed by atoms with Crippen molar-refractivity contribution in [2.45, 2.75) is 26.2 Å². The number of carbonyl (C=O) groups excluding carboxylic acids is 2. The van der Waals surface area contributed by atoms with E-state index < -0.39 is 0 Å². The molecule has 0 spiro atoms. The number of rotatable bonds is 3. The molecule has 5 rings (SSSR count). The number of aryl methyl sites for hydroxylation is 1. The molecule has 2 aromatic carbocycles. The summed E-state index contributed by atoms with van der Waals surface area (Å²) >= 11 is 0. The average Bonchev–Trinajstić information content (AvgIpc) is 3.27. The van der Waals surface area contributed by atoms with E-state index in [1.807, 2.05) is 30.3 Å². The highest BCUT2D eigenvalue weighted by Gasteiger charge is 2.32. The van der Waals surface area contributed by atoms with Crippen molar-refractivity contribution in [2.75, 3.05) is 26.2 Å². The van der Waals surface area contributed by atoms with E-state index in [0.717, 1.165) is 5.56 Å². The molecule has 1 fully saturated rings. The van der Waals surface area contributed by atoms with Gasteiger partial charge in [0.05, 0.1) is 18.8 Å². The van der Waals surface area contributed by atoms with Crippen LogP contribution in [0.3, 0.4) is 0 Å². The fourth-order valence-electron chi connectivity index (χ4n) is 4.19. The summed E-state index contributed by atoms with van der Waals surface area (Å²) in [6, 6.07) is 17.5. The Morgan fingerprint density at radius 2 is 1.56 bits per heavy atom. The molecule has 1 atom stereocenters. The maximum Gasteiger partial charge on any atom is 0.276 e. The minimum atomic E-state index is -0.157. The Kier molecular flexibility index (Phi) is 5.45. The monoisotopic (exact) mass is 431 g/mol. The van der Waals surface area contributed by atoms with Crippen LogP contribution in [0.15, 0.2) is 54.6 Å². The molecule has 164 valence electrons. The van der Waals surface area contributed by atoms with Crippen molar-refractivity contribution in [3.05, 3.63) is 82.7 Å². The number of amides is 2. The summed E-state index contributed by atoms with van der Waals surface area (Å²) in [7, 11) is 0. The summed E-state index contributed by atoms with van der Waals surface area (Å²) in [5, 5.41) is 8.40. The fraction of sp³-hybridized carbons (Fsp3) is 0.333. The molecule has 0 bridgehead atoms. The smallest absolute Gasteiger partial charge is 0.276 e. The third-order valence-corrected chi connectivity index (χ3v) is 6.12. The van der Waals surface area contributed by atoms with Crippen LogP contribution >= 0.6 is 0 Å². The van der Waals surface area contributed by atoms with Crippen molar-refractivity contribution in [1.82, 2.24) is 24.8 Å². The molecule has 0 radical (unpaired) electrons. The van der Waals surface area contributed by atoms with Crippen molar-refractivity contribution >= 4 is 11.8 Å². The predicted molar refractivity (Wildman–Crippen MR) is 117 cm³/mol. The third kappa shape index (κ3) is 3.89. The molecule has 0 saturated carbocycles. The van der Waals surface area contributed by atoms with E-state index >= 15 is 0 Å². The van der Waals surface area contributed by atoms with Crippen LogP contribution < -0.4 is 0 Å². The number of ether oxygens (including phenoxy) is 1. The standard InChI is InChI=1S/C24H25N5O3/c1-17-7-9-18(10-8-17)21-15-29-20(16-32-21)22(25-26-29)24(31)28-13-11-27(12-14-28)23(30)19-5-3-2-4-6-19/h2-10,21H,11-16H2,1H3/t21-/m0/s1. The number of benzene rings is 2. The lowest BCUT2D eigenvalue weighted by molar-refractivity contribution is -0.00203. The van der Waals surface area contributed by atoms with Crippen LogP contribution in [0.4, 0.5) is 0 Å². The molecule has 2 aliphatic rings. The fourth-order valence-corrected chi connectivity index (χ4v) is 4.19. The number of piperazine rings is 1. The van der Waals surface area contributed by atoms with Gasteiger partial charge in [-0.2, -0.15) is 0 Å². The molecule has 32 heavy (non-hydrogen) atoms. The molecule has 3 heterocycles. The van der Waals surface area contributed by atoms with E-state index in [2.05, 4.69) is 41.5 Å². The van der Waals surface area contributed by atoms with Gasteiger partial charge in [-0.3, -0.25) is 9.59 Å². The lowest BCUT2D eigenvalue weighted by atomic mass is 10.1. The van der Waals surface area contributed by atoms with Crippen LogP contribution in [-0.4, -0.2) is 62.8 Å². The Labute approximate surface area is 186 Å². The largest absolute Gasteiger partial charge is 0.365 e. The van der Waals surface area contributed by atoms with E-state index in [1.165, 1.54) is 5.56 Å². The average molecular weight is 431 g/mol. The van der Waals surface area contributed by atoms with Crippen molar-refractivity contribution in [3.63, 3.8) is 0 Å². The lowest BCUT2D eigenvalue weighted by Gasteiger charge is -2.34. The van der Waals surface area contributed by atoms with Crippen molar-refractivity contribution in [2.24, 2.45) is 0 Å². The van der Waals surface area contributed by atoms with Crippen LogP contribution in [0.2, 0.25) is 0 Å². The molecule has 8 heteroatoms. The number of aromatic nitrogens is 3. The number of carbonyl (C=O) groups is 2. The van der Waals surface area contributed by atoms with Crippen LogP contribution in [0, 0.1) is 6.92 Å². The Bertz CT molecular complexity index is 1120. The second-order valence-electron chi connectivity index (χ2n) is 8.23. The number of hydrogen-bond acceptors (Lipinski definition) is 5. The molecule has 1 aromatic heterocycles. The number of fused-ring (bicyclic) bond motifs is 1.